The number of carbonyl (C=O) groups is 1. The van der Waals surface area contributed by atoms with Crippen LogP contribution in [0.1, 0.15) is 48.0 Å². The smallest absolute Gasteiger partial charge is 0.250 e. The number of aromatic nitrogens is 1. The molecule has 2 aromatic carbocycles. The number of nitrogens with zero attached hydrogens (tertiary/aromatic N) is 1. The number of primary amides is 1. The number of amides is 1. The molecule has 2 fully saturated rings. The van der Waals surface area contributed by atoms with E-state index < -0.39 is 5.91 Å². The Bertz CT molecular complexity index is 1090. The van der Waals surface area contributed by atoms with E-state index in [0.717, 1.165) is 36.1 Å². The number of nitrogens with one attached hydrogen (secondary N) is 1. The SMILES string of the molecule is NC(=O)c1ccc(Oc2ccc(CN[C@@H]3COC4(CCCC4)C3)c3ccccc23)nc1. The van der Waals surface area contributed by atoms with Crippen LogP contribution in [0.5, 0.6) is 11.6 Å². The van der Waals surface area contributed by atoms with Crippen molar-refractivity contribution in [2.75, 3.05) is 6.61 Å². The highest BCUT2D eigenvalue weighted by Crippen LogP contribution is 2.41. The summed E-state index contributed by atoms with van der Waals surface area (Å²) < 4.78 is 12.2. The molecule has 0 bridgehead atoms. The third-order valence-electron chi connectivity index (χ3n) is 6.51. The lowest BCUT2D eigenvalue weighted by Gasteiger charge is -2.21. The van der Waals surface area contributed by atoms with Crippen LogP contribution >= 0.6 is 0 Å². The van der Waals surface area contributed by atoms with Crippen molar-refractivity contribution in [3.63, 3.8) is 0 Å². The summed E-state index contributed by atoms with van der Waals surface area (Å²) in [5.41, 5.74) is 7.00. The quantitative estimate of drug-likeness (QED) is 0.624. The predicted octanol–water partition coefficient (Wildman–Crippen LogP) is 4.32. The number of nitrogens with two attached hydrogens (primary N) is 1. The molecule has 1 saturated carbocycles. The monoisotopic (exact) mass is 417 g/mol. The van der Waals surface area contributed by atoms with Crippen molar-refractivity contribution in [1.82, 2.24) is 10.3 Å². The molecular formula is C25H27N3O3. The Hall–Kier alpha value is -2.96. The fraction of sp³-hybridized carbons (Fsp3) is 0.360. The van der Waals surface area contributed by atoms with E-state index in [9.17, 15) is 4.79 Å². The Kier molecular flexibility index (Phi) is 5.34. The van der Waals surface area contributed by atoms with Crippen LogP contribution in [0.3, 0.4) is 0 Å². The first-order valence-electron chi connectivity index (χ1n) is 10.9. The molecule has 1 aliphatic heterocycles. The zero-order chi connectivity index (χ0) is 21.3. The van der Waals surface area contributed by atoms with Gasteiger partial charge in [0.15, 0.2) is 0 Å². The van der Waals surface area contributed by atoms with E-state index in [0.29, 0.717) is 17.5 Å². The fourth-order valence-electron chi connectivity index (χ4n) is 4.87. The number of carbonyl (C=O) groups excluding carboxylic acids is 1. The average molecular weight is 418 g/mol. The standard InChI is InChI=1S/C25H27N3O3/c26-24(29)18-8-10-23(28-15-18)31-22-9-7-17(20-5-1-2-6-21(20)22)14-27-19-13-25(30-16-19)11-3-4-12-25/h1-2,5-10,15,19,27H,3-4,11-14,16H2,(H2,26,29)/t19-/m0/s1. The number of pyridine rings is 1. The van der Waals surface area contributed by atoms with Crippen molar-refractivity contribution in [3.05, 3.63) is 65.9 Å². The number of ether oxygens (including phenoxy) is 2. The minimum atomic E-state index is -0.507. The molecule has 6 heteroatoms. The minimum absolute atomic E-state index is 0.133. The van der Waals surface area contributed by atoms with Gasteiger partial charge in [-0.25, -0.2) is 4.98 Å². The lowest BCUT2D eigenvalue weighted by molar-refractivity contribution is 0.00989. The van der Waals surface area contributed by atoms with Gasteiger partial charge in [0, 0.05) is 30.2 Å². The molecule has 1 amide bonds. The Morgan fingerprint density at radius 3 is 2.68 bits per heavy atom. The van der Waals surface area contributed by atoms with Crippen LogP contribution in [0.25, 0.3) is 10.8 Å². The summed E-state index contributed by atoms with van der Waals surface area (Å²) in [7, 11) is 0. The summed E-state index contributed by atoms with van der Waals surface area (Å²) in [5, 5.41) is 5.88. The van der Waals surface area contributed by atoms with E-state index in [1.54, 1.807) is 12.1 Å². The van der Waals surface area contributed by atoms with Crippen molar-refractivity contribution >= 4 is 16.7 Å². The second-order valence-electron chi connectivity index (χ2n) is 8.60. The number of hydrogen-bond donors (Lipinski definition) is 2. The van der Waals surface area contributed by atoms with Gasteiger partial charge in [-0.2, -0.15) is 0 Å². The van der Waals surface area contributed by atoms with Gasteiger partial charge < -0.3 is 20.5 Å². The Balaban J connectivity index is 1.32. The third kappa shape index (κ3) is 4.13. The molecule has 3 N–H and O–H groups in total. The molecule has 0 radical (unpaired) electrons. The first kappa shape index (κ1) is 20.0. The van der Waals surface area contributed by atoms with Crippen LogP contribution < -0.4 is 15.8 Å². The molecule has 1 spiro atoms. The third-order valence-corrected chi connectivity index (χ3v) is 6.51. The summed E-state index contributed by atoms with van der Waals surface area (Å²) in [6.45, 7) is 1.59. The molecule has 1 aromatic heterocycles. The maximum Gasteiger partial charge on any atom is 0.250 e. The number of benzene rings is 2. The highest BCUT2D eigenvalue weighted by molar-refractivity contribution is 5.92. The summed E-state index contributed by atoms with van der Waals surface area (Å²) in [6, 6.07) is 16.0. The largest absolute Gasteiger partial charge is 0.438 e. The molecule has 160 valence electrons. The van der Waals surface area contributed by atoms with E-state index in [2.05, 4.69) is 28.5 Å². The maximum absolute atomic E-state index is 11.2. The summed E-state index contributed by atoms with van der Waals surface area (Å²) in [5.74, 6) is 0.645. The van der Waals surface area contributed by atoms with Gasteiger partial charge in [-0.1, -0.05) is 43.2 Å². The lowest BCUT2D eigenvalue weighted by atomic mass is 9.96. The molecule has 1 atom stereocenters. The molecule has 0 unspecified atom stereocenters. The van der Waals surface area contributed by atoms with Gasteiger partial charge >= 0.3 is 0 Å². The van der Waals surface area contributed by atoms with Crippen LogP contribution in [-0.2, 0) is 11.3 Å². The summed E-state index contributed by atoms with van der Waals surface area (Å²) in [6.07, 6.45) is 7.53. The second kappa shape index (κ2) is 8.29. The van der Waals surface area contributed by atoms with Crippen LogP contribution in [0.2, 0.25) is 0 Å². The molecule has 1 aliphatic carbocycles. The Morgan fingerprint density at radius 1 is 1.13 bits per heavy atom. The fourth-order valence-corrected chi connectivity index (χ4v) is 4.87. The van der Waals surface area contributed by atoms with Crippen molar-refractivity contribution in [2.24, 2.45) is 5.73 Å². The van der Waals surface area contributed by atoms with E-state index in [1.807, 2.05) is 18.2 Å². The summed E-state index contributed by atoms with van der Waals surface area (Å²) in [4.78, 5) is 15.4. The normalized spacial score (nSPS) is 19.8. The molecule has 2 heterocycles. The lowest BCUT2D eigenvalue weighted by Crippen LogP contribution is -2.31. The van der Waals surface area contributed by atoms with Gasteiger partial charge in [-0.15, -0.1) is 0 Å². The minimum Gasteiger partial charge on any atom is -0.438 e. The van der Waals surface area contributed by atoms with Crippen LogP contribution in [0, 0.1) is 0 Å². The van der Waals surface area contributed by atoms with Crippen LogP contribution in [-0.4, -0.2) is 29.1 Å². The zero-order valence-electron chi connectivity index (χ0n) is 17.5. The van der Waals surface area contributed by atoms with Crippen molar-refractivity contribution in [3.8, 4) is 11.6 Å². The topological polar surface area (TPSA) is 86.5 Å². The molecule has 31 heavy (non-hydrogen) atoms. The van der Waals surface area contributed by atoms with E-state index >= 15 is 0 Å². The summed E-state index contributed by atoms with van der Waals surface area (Å²) >= 11 is 0. The van der Waals surface area contributed by atoms with E-state index in [1.165, 1.54) is 37.4 Å². The first-order valence-corrected chi connectivity index (χ1v) is 10.9. The Labute approximate surface area is 181 Å². The van der Waals surface area contributed by atoms with Crippen molar-refractivity contribution in [1.29, 1.82) is 0 Å². The first-order chi connectivity index (χ1) is 15.1. The van der Waals surface area contributed by atoms with Gasteiger partial charge in [-0.3, -0.25) is 4.79 Å². The van der Waals surface area contributed by atoms with Gasteiger partial charge in [0.05, 0.1) is 17.8 Å². The number of fused-ring (bicyclic) bond motifs is 1. The highest BCUT2D eigenvalue weighted by Gasteiger charge is 2.42. The predicted molar refractivity (Wildman–Crippen MR) is 119 cm³/mol. The average Bonchev–Trinajstić information content (AvgIpc) is 3.43. The van der Waals surface area contributed by atoms with Crippen molar-refractivity contribution < 1.29 is 14.3 Å². The van der Waals surface area contributed by atoms with Crippen LogP contribution in [0.4, 0.5) is 0 Å². The van der Waals surface area contributed by atoms with Gasteiger partial charge in [0.25, 0.3) is 0 Å². The molecule has 5 rings (SSSR count). The maximum atomic E-state index is 11.2. The Morgan fingerprint density at radius 2 is 1.94 bits per heavy atom. The zero-order valence-corrected chi connectivity index (χ0v) is 17.5. The molecule has 2 aliphatic rings. The number of hydrogen-bond acceptors (Lipinski definition) is 5. The molecule has 1 saturated heterocycles. The molecular weight excluding hydrogens is 390 g/mol. The number of rotatable bonds is 6. The van der Waals surface area contributed by atoms with Gasteiger partial charge in [0.1, 0.15) is 5.75 Å². The van der Waals surface area contributed by atoms with Gasteiger partial charge in [0.2, 0.25) is 11.8 Å². The highest BCUT2D eigenvalue weighted by atomic mass is 16.5. The molecule has 6 nitrogen and oxygen atoms in total. The van der Waals surface area contributed by atoms with E-state index in [-0.39, 0.29) is 5.60 Å². The molecule has 3 aromatic rings. The van der Waals surface area contributed by atoms with Crippen molar-refractivity contribution in [2.45, 2.75) is 50.3 Å². The second-order valence-corrected chi connectivity index (χ2v) is 8.60. The van der Waals surface area contributed by atoms with Gasteiger partial charge in [-0.05, 0) is 42.3 Å². The van der Waals surface area contributed by atoms with E-state index in [4.69, 9.17) is 15.2 Å². The van der Waals surface area contributed by atoms with Crippen LogP contribution in [0.15, 0.2) is 54.7 Å².